The van der Waals surface area contributed by atoms with E-state index in [1.807, 2.05) is 42.5 Å². The first kappa shape index (κ1) is 20.9. The van der Waals surface area contributed by atoms with Gasteiger partial charge in [-0.05, 0) is 30.3 Å². The highest BCUT2D eigenvalue weighted by molar-refractivity contribution is 6.38. The molecule has 35 heavy (non-hydrogen) atoms. The van der Waals surface area contributed by atoms with Crippen molar-refractivity contribution < 1.29 is 4.79 Å². The number of hydrogen-bond donors (Lipinski definition) is 3. The molecule has 0 bridgehead atoms. The van der Waals surface area contributed by atoms with Gasteiger partial charge in [-0.25, -0.2) is 4.68 Å². The molecule has 6 aromatic rings. The fourth-order valence-corrected chi connectivity index (χ4v) is 4.18. The van der Waals surface area contributed by atoms with Crippen LogP contribution in [0.4, 0.5) is 17.2 Å². The zero-order valence-corrected chi connectivity index (χ0v) is 19.2. The number of hydrogen-bond acceptors (Lipinski definition) is 6. The minimum absolute atomic E-state index is 0.269. The van der Waals surface area contributed by atoms with Crippen LogP contribution in [0.25, 0.3) is 27.5 Å². The van der Waals surface area contributed by atoms with Crippen LogP contribution >= 0.6 is 11.6 Å². The molecule has 172 valence electrons. The zero-order chi connectivity index (χ0) is 23.9. The standard InChI is InChI=1S/C24H18ClN9O/c1-33-13-14(9-28-33)24(35)29-15-8-16(11-26-10-15)34-21-5-3-2-4-17(21)23(32-34)30-20-7-6-19-18(22(20)25)12-27-31-19/h2-13H,1H3,(H,27,31)(H,29,35)(H,30,32). The number of carbonyl (C=O) groups is 1. The first-order chi connectivity index (χ1) is 17.1. The summed E-state index contributed by atoms with van der Waals surface area (Å²) in [6.07, 6.45) is 8.13. The number of nitrogens with one attached hydrogen (secondary N) is 3. The molecule has 0 spiro atoms. The van der Waals surface area contributed by atoms with E-state index in [0.717, 1.165) is 21.8 Å². The van der Waals surface area contributed by atoms with Gasteiger partial charge in [0.15, 0.2) is 5.82 Å². The van der Waals surface area contributed by atoms with Gasteiger partial charge in [0.05, 0.1) is 63.5 Å². The summed E-state index contributed by atoms with van der Waals surface area (Å²) >= 11 is 6.62. The number of pyridine rings is 1. The maximum Gasteiger partial charge on any atom is 0.258 e. The Hall–Kier alpha value is -4.70. The Labute approximate surface area is 203 Å². The average molecular weight is 484 g/mol. The number of rotatable bonds is 5. The third-order valence-corrected chi connectivity index (χ3v) is 6.00. The van der Waals surface area contributed by atoms with Gasteiger partial charge in [0.1, 0.15) is 0 Å². The lowest BCUT2D eigenvalue weighted by atomic mass is 10.2. The molecule has 0 saturated heterocycles. The number of para-hydroxylation sites is 1. The summed E-state index contributed by atoms with van der Waals surface area (Å²) in [6.45, 7) is 0. The number of benzene rings is 2. The maximum atomic E-state index is 12.6. The number of aromatic nitrogens is 7. The molecule has 2 aromatic carbocycles. The number of halogens is 1. The van der Waals surface area contributed by atoms with Gasteiger partial charge in [0.2, 0.25) is 0 Å². The van der Waals surface area contributed by atoms with Crippen molar-refractivity contribution >= 4 is 56.5 Å². The van der Waals surface area contributed by atoms with Crippen molar-refractivity contribution in [1.82, 2.24) is 34.7 Å². The molecule has 6 rings (SSSR count). The predicted molar refractivity (Wildman–Crippen MR) is 134 cm³/mol. The van der Waals surface area contributed by atoms with Crippen LogP contribution in [0.15, 0.2) is 73.4 Å². The number of H-pyrrole nitrogens is 1. The van der Waals surface area contributed by atoms with E-state index in [1.54, 1.807) is 41.2 Å². The van der Waals surface area contributed by atoms with Gasteiger partial charge in [0, 0.05) is 24.0 Å². The highest BCUT2D eigenvalue weighted by Gasteiger charge is 2.16. The van der Waals surface area contributed by atoms with Crippen LogP contribution in [0, 0.1) is 0 Å². The van der Waals surface area contributed by atoms with Crippen molar-refractivity contribution in [3.8, 4) is 5.69 Å². The second-order valence-corrected chi connectivity index (χ2v) is 8.33. The molecule has 0 fully saturated rings. The van der Waals surface area contributed by atoms with Crippen LogP contribution in [0.1, 0.15) is 10.4 Å². The molecule has 10 nitrogen and oxygen atoms in total. The van der Waals surface area contributed by atoms with Crippen LogP contribution in [0.5, 0.6) is 0 Å². The molecule has 4 heterocycles. The van der Waals surface area contributed by atoms with Gasteiger partial charge in [-0.3, -0.25) is 19.6 Å². The molecule has 4 aromatic heterocycles. The van der Waals surface area contributed by atoms with Gasteiger partial charge in [-0.15, -0.1) is 5.10 Å². The molecular weight excluding hydrogens is 466 g/mol. The van der Waals surface area contributed by atoms with E-state index >= 15 is 0 Å². The normalized spacial score (nSPS) is 11.3. The quantitative estimate of drug-likeness (QED) is 0.327. The minimum atomic E-state index is -0.269. The van der Waals surface area contributed by atoms with Crippen molar-refractivity contribution in [2.75, 3.05) is 10.6 Å². The second kappa shape index (κ2) is 8.26. The Morgan fingerprint density at radius 1 is 1.06 bits per heavy atom. The molecule has 0 aliphatic heterocycles. The largest absolute Gasteiger partial charge is 0.337 e. The summed E-state index contributed by atoms with van der Waals surface area (Å²) in [5.74, 6) is 0.365. The van der Waals surface area contributed by atoms with Gasteiger partial charge in [-0.2, -0.15) is 10.2 Å². The van der Waals surface area contributed by atoms with Gasteiger partial charge >= 0.3 is 0 Å². The molecule has 0 aliphatic carbocycles. The van der Waals surface area contributed by atoms with Crippen LogP contribution in [0.2, 0.25) is 5.02 Å². The minimum Gasteiger partial charge on any atom is -0.337 e. The fraction of sp³-hybridized carbons (Fsp3) is 0.0417. The number of carbonyl (C=O) groups excluding carboxylic acids is 1. The molecule has 0 aliphatic rings. The van der Waals surface area contributed by atoms with E-state index in [9.17, 15) is 4.79 Å². The summed E-state index contributed by atoms with van der Waals surface area (Å²) in [5, 5.41) is 24.3. The molecule has 11 heteroatoms. The van der Waals surface area contributed by atoms with Gasteiger partial charge in [0.25, 0.3) is 5.91 Å². The van der Waals surface area contributed by atoms with E-state index in [-0.39, 0.29) is 5.91 Å². The summed E-state index contributed by atoms with van der Waals surface area (Å²) < 4.78 is 3.35. The number of amides is 1. The van der Waals surface area contributed by atoms with Gasteiger partial charge in [-0.1, -0.05) is 23.7 Å². The summed E-state index contributed by atoms with van der Waals surface area (Å²) in [7, 11) is 1.76. The SMILES string of the molecule is Cn1cc(C(=O)Nc2cncc(-n3nc(Nc4ccc5[nH]ncc5c4Cl)c4ccccc43)c2)cn1. The topological polar surface area (TPSA) is 118 Å². The molecule has 0 unspecified atom stereocenters. The highest BCUT2D eigenvalue weighted by Crippen LogP contribution is 2.34. The lowest BCUT2D eigenvalue weighted by Gasteiger charge is -2.08. The van der Waals surface area contributed by atoms with Crippen LogP contribution in [-0.2, 0) is 7.05 Å². The number of aryl methyl sites for hydroxylation is 1. The molecule has 3 N–H and O–H groups in total. The van der Waals surface area contributed by atoms with Crippen LogP contribution in [0.3, 0.4) is 0 Å². The van der Waals surface area contributed by atoms with Crippen molar-refractivity contribution in [3.63, 3.8) is 0 Å². The molecule has 0 atom stereocenters. The van der Waals surface area contributed by atoms with Crippen LogP contribution < -0.4 is 10.6 Å². The summed E-state index contributed by atoms with van der Waals surface area (Å²) in [5.41, 5.74) is 4.13. The second-order valence-electron chi connectivity index (χ2n) is 7.95. The van der Waals surface area contributed by atoms with E-state index < -0.39 is 0 Å². The Bertz CT molecular complexity index is 1710. The highest BCUT2D eigenvalue weighted by atomic mass is 35.5. The predicted octanol–water partition coefficient (Wildman–Crippen LogP) is 4.68. The third-order valence-electron chi connectivity index (χ3n) is 5.59. The molecule has 0 radical (unpaired) electrons. The smallest absolute Gasteiger partial charge is 0.258 e. The third kappa shape index (κ3) is 3.75. The Morgan fingerprint density at radius 2 is 1.94 bits per heavy atom. The van der Waals surface area contributed by atoms with Crippen molar-refractivity contribution in [2.24, 2.45) is 7.05 Å². The van der Waals surface area contributed by atoms with E-state index in [2.05, 4.69) is 30.9 Å². The number of fused-ring (bicyclic) bond motifs is 2. The Kier molecular flexibility index (Phi) is 4.93. The van der Waals surface area contributed by atoms with E-state index in [1.165, 1.54) is 6.20 Å². The molecular formula is C24H18ClN9O. The van der Waals surface area contributed by atoms with Crippen molar-refractivity contribution in [2.45, 2.75) is 0 Å². The molecule has 1 amide bonds. The van der Waals surface area contributed by atoms with Gasteiger partial charge < -0.3 is 10.6 Å². The van der Waals surface area contributed by atoms with E-state index in [0.29, 0.717) is 33.5 Å². The Morgan fingerprint density at radius 3 is 2.80 bits per heavy atom. The van der Waals surface area contributed by atoms with Crippen molar-refractivity contribution in [3.05, 3.63) is 84.0 Å². The zero-order valence-electron chi connectivity index (χ0n) is 18.4. The lowest BCUT2D eigenvalue weighted by molar-refractivity contribution is 0.102. The lowest BCUT2D eigenvalue weighted by Crippen LogP contribution is -2.12. The Balaban J connectivity index is 1.36. The average Bonchev–Trinajstić information content (AvgIpc) is 3.60. The number of aromatic amines is 1. The maximum absolute atomic E-state index is 12.6. The number of nitrogens with zero attached hydrogens (tertiary/aromatic N) is 6. The molecule has 0 saturated carbocycles. The van der Waals surface area contributed by atoms with E-state index in [4.69, 9.17) is 16.7 Å². The van der Waals surface area contributed by atoms with Crippen molar-refractivity contribution in [1.29, 1.82) is 0 Å². The first-order valence-corrected chi connectivity index (χ1v) is 11.1. The van der Waals surface area contributed by atoms with Crippen LogP contribution in [-0.4, -0.2) is 40.6 Å². The monoisotopic (exact) mass is 483 g/mol. The summed E-state index contributed by atoms with van der Waals surface area (Å²) in [4.78, 5) is 16.9. The fourth-order valence-electron chi connectivity index (χ4n) is 3.92. The number of anilines is 3. The first-order valence-electron chi connectivity index (χ1n) is 10.7. The summed E-state index contributed by atoms with van der Waals surface area (Å²) in [6, 6.07) is 13.4.